The minimum Gasteiger partial charge on any atom is -0.478 e. The van der Waals surface area contributed by atoms with E-state index in [4.69, 9.17) is 16.9 Å². The van der Waals surface area contributed by atoms with Gasteiger partial charge < -0.3 is 26.2 Å². The molecule has 0 aromatic rings. The fraction of sp³-hybridized carbons (Fsp3) is 0.632. The Hall–Kier alpha value is -2.37. The summed E-state index contributed by atoms with van der Waals surface area (Å²) in [6.07, 6.45) is 7.23. The fourth-order valence-electron chi connectivity index (χ4n) is 3.09. The molecule has 1 aliphatic carbocycles. The molecule has 27 heavy (non-hydrogen) atoms. The van der Waals surface area contributed by atoms with Crippen molar-refractivity contribution in [1.29, 1.82) is 0 Å². The smallest absolute Gasteiger partial charge is 0.333 e. The van der Waals surface area contributed by atoms with E-state index in [0.29, 0.717) is 12.8 Å². The largest absolute Gasteiger partial charge is 0.478 e. The highest BCUT2D eigenvalue weighted by Gasteiger charge is 2.44. The van der Waals surface area contributed by atoms with Gasteiger partial charge in [-0.2, -0.15) is 0 Å². The van der Waals surface area contributed by atoms with E-state index in [1.165, 1.54) is 13.0 Å². The van der Waals surface area contributed by atoms with Crippen LogP contribution in [0.4, 0.5) is 0 Å². The molecular formula is C19H29N3O5. The molecule has 1 aliphatic rings. The van der Waals surface area contributed by atoms with Crippen LogP contribution in [0, 0.1) is 12.3 Å². The van der Waals surface area contributed by atoms with Crippen LogP contribution in [0.2, 0.25) is 0 Å². The summed E-state index contributed by atoms with van der Waals surface area (Å²) >= 11 is 0. The van der Waals surface area contributed by atoms with Crippen LogP contribution >= 0.6 is 0 Å². The first-order valence-corrected chi connectivity index (χ1v) is 9.11. The van der Waals surface area contributed by atoms with Crippen LogP contribution in [0.1, 0.15) is 46.5 Å². The fourth-order valence-corrected chi connectivity index (χ4v) is 3.09. The Balaban J connectivity index is 3.27. The number of amides is 2. The molecule has 0 unspecified atom stereocenters. The van der Waals surface area contributed by atoms with Crippen LogP contribution in [-0.4, -0.2) is 53.2 Å². The molecule has 0 aromatic carbocycles. The van der Waals surface area contributed by atoms with Gasteiger partial charge in [-0.15, -0.1) is 12.3 Å². The average molecular weight is 379 g/mol. The summed E-state index contributed by atoms with van der Waals surface area (Å²) in [6, 6.07) is -2.40. The quantitative estimate of drug-likeness (QED) is 0.427. The van der Waals surface area contributed by atoms with Gasteiger partial charge in [-0.3, -0.25) is 9.59 Å². The van der Waals surface area contributed by atoms with Crippen LogP contribution in [0.5, 0.6) is 0 Å². The number of rotatable bonds is 9. The number of hydrogen-bond acceptors (Lipinski definition) is 5. The molecular weight excluding hydrogens is 350 g/mol. The van der Waals surface area contributed by atoms with Gasteiger partial charge in [0.05, 0.1) is 23.8 Å². The van der Waals surface area contributed by atoms with Crippen molar-refractivity contribution < 1.29 is 24.2 Å². The van der Waals surface area contributed by atoms with Crippen LogP contribution in [0.3, 0.4) is 0 Å². The van der Waals surface area contributed by atoms with Crippen LogP contribution in [-0.2, 0) is 19.1 Å². The lowest BCUT2D eigenvalue weighted by atomic mass is 9.84. The molecule has 0 fully saturated rings. The predicted octanol–water partition coefficient (Wildman–Crippen LogP) is 0.315. The molecule has 2 amide bonds. The number of carbonyl (C=O) groups is 3. The topological polar surface area (TPSA) is 131 Å². The normalized spacial score (nSPS) is 24.7. The number of carboxylic acid groups (broad SMARTS) is 1. The summed E-state index contributed by atoms with van der Waals surface area (Å²) in [5.74, 6) is 0.462. The van der Waals surface area contributed by atoms with Crippen molar-refractivity contribution >= 4 is 17.8 Å². The van der Waals surface area contributed by atoms with Crippen molar-refractivity contribution in [2.75, 3.05) is 0 Å². The summed E-state index contributed by atoms with van der Waals surface area (Å²) in [5, 5.41) is 15.0. The summed E-state index contributed by atoms with van der Waals surface area (Å²) < 4.78 is 6.12. The molecule has 8 nitrogen and oxygen atoms in total. The Bertz CT molecular complexity index is 621. The van der Waals surface area contributed by atoms with E-state index in [0.717, 1.165) is 0 Å². The van der Waals surface area contributed by atoms with Gasteiger partial charge in [-0.1, -0.05) is 19.9 Å². The van der Waals surface area contributed by atoms with Gasteiger partial charge in [0.25, 0.3) is 0 Å². The Morgan fingerprint density at radius 3 is 2.44 bits per heavy atom. The van der Waals surface area contributed by atoms with Crippen LogP contribution in [0.15, 0.2) is 11.6 Å². The van der Waals surface area contributed by atoms with Crippen molar-refractivity contribution in [3.63, 3.8) is 0 Å². The molecule has 5 N–H and O–H groups in total. The highest BCUT2D eigenvalue weighted by Crippen LogP contribution is 2.25. The third kappa shape index (κ3) is 6.38. The molecule has 4 atom stereocenters. The summed E-state index contributed by atoms with van der Waals surface area (Å²) in [4.78, 5) is 35.6. The number of ether oxygens (including phenoxy) is 1. The van der Waals surface area contributed by atoms with E-state index in [-0.39, 0.29) is 36.3 Å². The Morgan fingerprint density at radius 1 is 1.33 bits per heavy atom. The van der Waals surface area contributed by atoms with Crippen molar-refractivity contribution in [3.05, 3.63) is 11.6 Å². The highest BCUT2D eigenvalue weighted by atomic mass is 16.5. The number of carboxylic acids is 1. The maximum atomic E-state index is 12.2. The minimum absolute atomic E-state index is 0.0610. The van der Waals surface area contributed by atoms with Gasteiger partial charge in [-0.05, 0) is 12.8 Å². The summed E-state index contributed by atoms with van der Waals surface area (Å²) in [5.41, 5.74) is 6.04. The van der Waals surface area contributed by atoms with E-state index in [1.54, 1.807) is 0 Å². The van der Waals surface area contributed by atoms with Crippen molar-refractivity contribution in [1.82, 2.24) is 10.6 Å². The zero-order valence-electron chi connectivity index (χ0n) is 16.0. The monoisotopic (exact) mass is 379 g/mol. The maximum Gasteiger partial charge on any atom is 0.333 e. The second-order valence-corrected chi connectivity index (χ2v) is 6.52. The zero-order valence-corrected chi connectivity index (χ0v) is 16.0. The number of nitrogens with one attached hydrogen (secondary N) is 2. The maximum absolute atomic E-state index is 12.2. The summed E-state index contributed by atoms with van der Waals surface area (Å²) in [7, 11) is 0. The zero-order chi connectivity index (χ0) is 20.6. The first-order chi connectivity index (χ1) is 12.7. The number of carbonyl (C=O) groups excluding carboxylic acids is 2. The Labute approximate surface area is 159 Å². The van der Waals surface area contributed by atoms with Gasteiger partial charge >= 0.3 is 5.97 Å². The SMILES string of the molecule is C#CCCC(=O)N[C@@H]1C(C(=O)O)=C[C@H](N)[C@@H](NC(C)=O)[C@@H]1OC(CC)CC. The molecule has 0 aromatic heterocycles. The third-order valence-electron chi connectivity index (χ3n) is 4.49. The lowest BCUT2D eigenvalue weighted by Crippen LogP contribution is -2.65. The van der Waals surface area contributed by atoms with E-state index in [1.807, 2.05) is 13.8 Å². The van der Waals surface area contributed by atoms with E-state index >= 15 is 0 Å². The van der Waals surface area contributed by atoms with Crippen LogP contribution in [0.25, 0.3) is 0 Å². The minimum atomic E-state index is -1.20. The van der Waals surface area contributed by atoms with Gasteiger partial charge in [0.1, 0.15) is 6.10 Å². The number of hydrogen-bond donors (Lipinski definition) is 4. The Kier molecular flexibility index (Phi) is 8.98. The second-order valence-electron chi connectivity index (χ2n) is 6.52. The lowest BCUT2D eigenvalue weighted by Gasteiger charge is -2.42. The van der Waals surface area contributed by atoms with Gasteiger partial charge in [0.2, 0.25) is 11.8 Å². The van der Waals surface area contributed by atoms with Gasteiger partial charge in [0.15, 0.2) is 0 Å². The second kappa shape index (κ2) is 10.7. The molecule has 0 bridgehead atoms. The first-order valence-electron chi connectivity index (χ1n) is 9.11. The standard InChI is InChI=1S/C19H29N3O5/c1-5-8-9-15(24)22-16-13(19(25)26)10-14(20)17(21-11(4)23)18(16)27-12(6-2)7-3/h1,10,12,14,16-18H,6-9,20H2,2-4H3,(H,21,23)(H,22,24)(H,25,26)/t14-,16+,17+,18+/m0/s1. The van der Waals surface area contributed by atoms with Gasteiger partial charge in [-0.25, -0.2) is 4.79 Å². The van der Waals surface area contributed by atoms with E-state index in [9.17, 15) is 19.5 Å². The van der Waals surface area contributed by atoms with Gasteiger partial charge in [0, 0.05) is 25.8 Å². The summed E-state index contributed by atoms with van der Waals surface area (Å²) in [6.45, 7) is 5.23. The number of nitrogens with two attached hydrogens (primary N) is 1. The molecule has 8 heteroatoms. The molecule has 1 rings (SSSR count). The molecule has 0 saturated carbocycles. The van der Waals surface area contributed by atoms with E-state index < -0.39 is 30.2 Å². The predicted molar refractivity (Wildman–Crippen MR) is 101 cm³/mol. The lowest BCUT2D eigenvalue weighted by molar-refractivity contribution is -0.135. The molecule has 0 radical (unpaired) electrons. The van der Waals surface area contributed by atoms with E-state index in [2.05, 4.69) is 16.6 Å². The first kappa shape index (κ1) is 22.7. The third-order valence-corrected chi connectivity index (χ3v) is 4.49. The van der Waals surface area contributed by atoms with Crippen molar-refractivity contribution in [3.8, 4) is 12.3 Å². The average Bonchev–Trinajstić information content (AvgIpc) is 2.61. The molecule has 0 saturated heterocycles. The Morgan fingerprint density at radius 2 is 1.96 bits per heavy atom. The molecule has 0 aliphatic heterocycles. The number of aliphatic carboxylic acids is 1. The highest BCUT2D eigenvalue weighted by molar-refractivity contribution is 5.90. The van der Waals surface area contributed by atoms with Crippen molar-refractivity contribution in [2.45, 2.75) is 76.8 Å². The molecule has 150 valence electrons. The van der Waals surface area contributed by atoms with Crippen molar-refractivity contribution in [2.24, 2.45) is 5.73 Å². The molecule has 0 spiro atoms. The number of terminal acetylenes is 1. The molecule has 0 heterocycles. The van der Waals surface area contributed by atoms with Crippen LogP contribution < -0.4 is 16.4 Å².